The smallest absolute Gasteiger partial charge is 0.263 e. The van der Waals surface area contributed by atoms with Crippen LogP contribution in [-0.2, 0) is 13.2 Å². The van der Waals surface area contributed by atoms with Crippen LogP contribution >= 0.6 is 22.7 Å². The van der Waals surface area contributed by atoms with Gasteiger partial charge in [0.05, 0.1) is 11.1 Å². The zero-order valence-corrected chi connectivity index (χ0v) is 16.5. The first kappa shape index (κ1) is 18.3. The maximum atomic E-state index is 12.4. The molecule has 1 amide bonds. The fourth-order valence-corrected chi connectivity index (χ4v) is 4.17. The molecule has 1 aromatic carbocycles. The number of nitrogens with one attached hydrogen (secondary N) is 1. The van der Waals surface area contributed by atoms with Gasteiger partial charge in [-0.2, -0.15) is 0 Å². The molecule has 4 rings (SSSR count). The molecule has 4 aromatic rings. The number of hydrogen-bond acceptors (Lipinski definition) is 6. The number of amides is 1. The largest absolute Gasteiger partial charge is 0.473 e. The van der Waals surface area contributed by atoms with Crippen LogP contribution in [0.5, 0.6) is 5.88 Å². The first-order valence-corrected chi connectivity index (χ1v) is 10.4. The Balaban J connectivity index is 1.34. The molecule has 3 aromatic heterocycles. The van der Waals surface area contributed by atoms with E-state index in [0.29, 0.717) is 23.9 Å². The quantitative estimate of drug-likeness (QED) is 0.479. The average molecular weight is 408 g/mol. The van der Waals surface area contributed by atoms with Crippen LogP contribution < -0.4 is 10.1 Å². The van der Waals surface area contributed by atoms with Crippen molar-refractivity contribution in [3.05, 3.63) is 88.4 Å². The van der Waals surface area contributed by atoms with Crippen molar-refractivity contribution in [2.45, 2.75) is 13.2 Å². The lowest BCUT2D eigenvalue weighted by atomic mass is 10.2. The van der Waals surface area contributed by atoms with E-state index in [9.17, 15) is 4.79 Å². The van der Waals surface area contributed by atoms with Gasteiger partial charge in [0.2, 0.25) is 5.88 Å². The fraction of sp³-hybridized carbons (Fsp3) is 0.0952. The van der Waals surface area contributed by atoms with E-state index in [4.69, 9.17) is 4.74 Å². The lowest BCUT2D eigenvalue weighted by Crippen LogP contribution is -2.21. The Bertz CT molecular complexity index is 1050. The van der Waals surface area contributed by atoms with E-state index >= 15 is 0 Å². The summed E-state index contributed by atoms with van der Waals surface area (Å²) in [6.45, 7) is 0.852. The van der Waals surface area contributed by atoms with Gasteiger partial charge >= 0.3 is 0 Å². The number of pyridine rings is 1. The summed E-state index contributed by atoms with van der Waals surface area (Å²) in [5.41, 5.74) is 2.00. The highest BCUT2D eigenvalue weighted by Crippen LogP contribution is 2.28. The van der Waals surface area contributed by atoms with Gasteiger partial charge in [-0.1, -0.05) is 36.4 Å². The highest BCUT2D eigenvalue weighted by atomic mass is 32.1. The number of nitrogens with zero attached hydrogens (tertiary/aromatic N) is 2. The van der Waals surface area contributed by atoms with Gasteiger partial charge in [0, 0.05) is 18.8 Å². The topological polar surface area (TPSA) is 64.1 Å². The van der Waals surface area contributed by atoms with Crippen molar-refractivity contribution >= 4 is 28.6 Å². The molecule has 28 heavy (non-hydrogen) atoms. The zero-order valence-electron chi connectivity index (χ0n) is 14.9. The number of carbonyl (C=O) groups excluding carboxylic acids is 1. The predicted molar refractivity (Wildman–Crippen MR) is 112 cm³/mol. The van der Waals surface area contributed by atoms with E-state index in [1.807, 2.05) is 60.0 Å². The Morgan fingerprint density at radius 3 is 2.75 bits per heavy atom. The maximum absolute atomic E-state index is 12.4. The molecule has 5 nitrogen and oxygen atoms in total. The summed E-state index contributed by atoms with van der Waals surface area (Å²) in [7, 11) is 0. The van der Waals surface area contributed by atoms with Gasteiger partial charge in [-0.25, -0.2) is 9.97 Å². The van der Waals surface area contributed by atoms with Crippen molar-refractivity contribution in [1.82, 2.24) is 15.3 Å². The monoisotopic (exact) mass is 407 g/mol. The van der Waals surface area contributed by atoms with Crippen LogP contribution in [0.2, 0.25) is 0 Å². The Labute approximate surface area is 170 Å². The summed E-state index contributed by atoms with van der Waals surface area (Å²) in [4.78, 5) is 22.6. The Morgan fingerprint density at radius 2 is 1.93 bits per heavy atom. The van der Waals surface area contributed by atoms with E-state index in [1.54, 1.807) is 23.7 Å². The van der Waals surface area contributed by atoms with Crippen LogP contribution in [-0.4, -0.2) is 15.9 Å². The summed E-state index contributed by atoms with van der Waals surface area (Å²) >= 11 is 3.00. The number of rotatable bonds is 7. The normalized spacial score (nSPS) is 10.6. The van der Waals surface area contributed by atoms with Gasteiger partial charge in [-0.15, -0.1) is 22.7 Å². The van der Waals surface area contributed by atoms with Crippen molar-refractivity contribution in [3.63, 3.8) is 0 Å². The summed E-state index contributed by atoms with van der Waals surface area (Å²) < 4.78 is 5.74. The molecule has 0 aliphatic heterocycles. The van der Waals surface area contributed by atoms with Crippen molar-refractivity contribution in [2.75, 3.05) is 0 Å². The highest BCUT2D eigenvalue weighted by molar-refractivity contribution is 7.21. The number of carbonyl (C=O) groups is 1. The number of thiophene rings is 1. The second-order valence-electron chi connectivity index (χ2n) is 5.97. The third kappa shape index (κ3) is 4.62. The van der Waals surface area contributed by atoms with E-state index in [-0.39, 0.29) is 5.91 Å². The minimum absolute atomic E-state index is 0.135. The highest BCUT2D eigenvalue weighted by Gasteiger charge is 2.12. The van der Waals surface area contributed by atoms with E-state index < -0.39 is 0 Å². The van der Waals surface area contributed by atoms with Crippen molar-refractivity contribution in [2.24, 2.45) is 0 Å². The Kier molecular flexibility index (Phi) is 5.75. The van der Waals surface area contributed by atoms with Crippen molar-refractivity contribution < 1.29 is 9.53 Å². The number of thiazole rings is 1. The molecule has 0 radical (unpaired) electrons. The van der Waals surface area contributed by atoms with Crippen LogP contribution in [0.3, 0.4) is 0 Å². The first-order valence-electron chi connectivity index (χ1n) is 8.67. The van der Waals surface area contributed by atoms with Crippen LogP contribution in [0.1, 0.15) is 20.8 Å². The van der Waals surface area contributed by atoms with Crippen molar-refractivity contribution in [1.29, 1.82) is 0 Å². The second kappa shape index (κ2) is 8.77. The standard InChI is InChI=1S/C21H17N3O2S2/c25-20(18-13-24-21(28-18)17-7-4-10-27-17)23-12-16-8-9-22-19(11-16)26-14-15-5-2-1-3-6-15/h1-11,13H,12,14H2,(H,23,25). The van der Waals surface area contributed by atoms with Gasteiger partial charge in [0.25, 0.3) is 5.91 Å². The van der Waals surface area contributed by atoms with Crippen LogP contribution in [0.4, 0.5) is 0 Å². The third-order valence-corrected chi connectivity index (χ3v) is 5.98. The van der Waals surface area contributed by atoms with E-state index in [0.717, 1.165) is 21.0 Å². The predicted octanol–water partition coefficient (Wildman–Crippen LogP) is 4.78. The summed E-state index contributed by atoms with van der Waals surface area (Å²) in [6, 6.07) is 17.6. The maximum Gasteiger partial charge on any atom is 0.263 e. The van der Waals surface area contributed by atoms with Gasteiger partial charge in [-0.3, -0.25) is 4.79 Å². The Morgan fingerprint density at radius 1 is 1.04 bits per heavy atom. The molecule has 0 fully saturated rings. The minimum atomic E-state index is -0.135. The third-order valence-electron chi connectivity index (χ3n) is 3.94. The average Bonchev–Trinajstić information content (AvgIpc) is 3.43. The number of hydrogen-bond donors (Lipinski definition) is 1. The second-order valence-corrected chi connectivity index (χ2v) is 7.94. The van der Waals surface area contributed by atoms with Gasteiger partial charge in [0.1, 0.15) is 16.5 Å². The zero-order chi connectivity index (χ0) is 19.2. The molecular weight excluding hydrogens is 390 g/mol. The van der Waals surface area contributed by atoms with Gasteiger partial charge in [0.15, 0.2) is 0 Å². The number of aromatic nitrogens is 2. The van der Waals surface area contributed by atoms with Crippen molar-refractivity contribution in [3.8, 4) is 15.8 Å². The molecule has 3 heterocycles. The summed E-state index contributed by atoms with van der Waals surface area (Å²) in [5, 5.41) is 5.79. The van der Waals surface area contributed by atoms with Gasteiger partial charge in [-0.05, 0) is 28.6 Å². The van der Waals surface area contributed by atoms with Gasteiger partial charge < -0.3 is 10.1 Å². The summed E-state index contributed by atoms with van der Waals surface area (Å²) in [5.74, 6) is 0.400. The Hall–Kier alpha value is -3.03. The van der Waals surface area contributed by atoms with Crippen LogP contribution in [0.15, 0.2) is 72.4 Å². The lowest BCUT2D eigenvalue weighted by molar-refractivity contribution is 0.0954. The fourth-order valence-electron chi connectivity index (χ4n) is 2.53. The molecule has 0 atom stereocenters. The number of benzene rings is 1. The minimum Gasteiger partial charge on any atom is -0.473 e. The SMILES string of the molecule is O=C(NCc1ccnc(OCc2ccccc2)c1)c1cnc(-c2cccs2)s1. The molecule has 0 spiro atoms. The molecule has 1 N–H and O–H groups in total. The van der Waals surface area contributed by atoms with Crippen LogP contribution in [0.25, 0.3) is 9.88 Å². The number of ether oxygens (including phenoxy) is 1. The molecule has 7 heteroatoms. The molecule has 0 saturated heterocycles. The molecule has 0 aliphatic rings. The van der Waals surface area contributed by atoms with E-state index in [2.05, 4.69) is 15.3 Å². The summed E-state index contributed by atoms with van der Waals surface area (Å²) in [6.07, 6.45) is 3.30. The molecule has 140 valence electrons. The first-order chi connectivity index (χ1) is 13.8. The molecular formula is C21H17N3O2S2. The molecule has 0 unspecified atom stereocenters. The van der Waals surface area contributed by atoms with Crippen LogP contribution in [0, 0.1) is 0 Å². The molecule has 0 bridgehead atoms. The molecule has 0 saturated carbocycles. The molecule has 0 aliphatic carbocycles. The lowest BCUT2D eigenvalue weighted by Gasteiger charge is -2.08. The van der Waals surface area contributed by atoms with E-state index in [1.165, 1.54) is 11.3 Å².